The van der Waals surface area contributed by atoms with Crippen LogP contribution < -0.4 is 0 Å². The topological polar surface area (TPSA) is 97.4 Å². The zero-order chi connectivity index (χ0) is 39.8. The van der Waals surface area contributed by atoms with Gasteiger partial charge in [-0.15, -0.1) is 0 Å². The molecule has 0 spiro atoms. The molecule has 0 N–H and O–H groups in total. The lowest BCUT2D eigenvalue weighted by molar-refractivity contribution is -0.139. The Bertz CT molecular complexity index is 889. The van der Waals surface area contributed by atoms with Gasteiger partial charge in [0.1, 0.15) is 0 Å². The summed E-state index contributed by atoms with van der Waals surface area (Å²) in [6.45, 7) is 12.3. The van der Waals surface area contributed by atoms with Crippen LogP contribution in [-0.4, -0.2) is 38.4 Å². The molecule has 10 heteroatoms. The van der Waals surface area contributed by atoms with Gasteiger partial charge in [0.05, 0.1) is 26.4 Å². The SMILES string of the molecule is C=C(C)C(=O)OCCCCCCCCCCCCCCCCCCOP(=O)(OS)OCCCCCCCCCCCCCCCCCCOC(=O)C(=C)C. The predicted molar refractivity (Wildman–Crippen MR) is 229 cm³/mol. The van der Waals surface area contributed by atoms with Crippen molar-refractivity contribution in [3.63, 3.8) is 0 Å². The van der Waals surface area contributed by atoms with Gasteiger partial charge in [-0.3, -0.25) is 9.05 Å². The normalized spacial score (nSPS) is 11.5. The van der Waals surface area contributed by atoms with Crippen molar-refractivity contribution in [2.24, 2.45) is 0 Å². The van der Waals surface area contributed by atoms with Gasteiger partial charge < -0.3 is 9.47 Å². The maximum Gasteiger partial charge on any atom is 0.485 e. The summed E-state index contributed by atoms with van der Waals surface area (Å²) in [5.74, 6) is -0.552. The number of thiol groups is 1. The van der Waals surface area contributed by atoms with Gasteiger partial charge in [-0.25, -0.2) is 18.1 Å². The van der Waals surface area contributed by atoms with Gasteiger partial charge in [0, 0.05) is 11.1 Å². The van der Waals surface area contributed by atoms with E-state index < -0.39 is 7.82 Å². The fraction of sp³-hybridized carbons (Fsp3) is 0.864. The van der Waals surface area contributed by atoms with E-state index in [1.54, 1.807) is 13.8 Å². The van der Waals surface area contributed by atoms with Crippen molar-refractivity contribution in [2.75, 3.05) is 26.4 Å². The molecule has 0 atom stereocenters. The maximum absolute atomic E-state index is 12.6. The fourth-order valence-electron chi connectivity index (χ4n) is 6.37. The van der Waals surface area contributed by atoms with Crippen LogP contribution in [0.25, 0.3) is 0 Å². The molecular weight excluding hydrogens is 720 g/mol. The van der Waals surface area contributed by atoms with E-state index in [1.807, 2.05) is 0 Å². The number of rotatable bonds is 43. The van der Waals surface area contributed by atoms with Crippen LogP contribution in [0.2, 0.25) is 0 Å². The quantitative estimate of drug-likeness (QED) is 0.0163. The molecule has 0 aromatic carbocycles. The Morgan fingerprint density at radius 3 is 0.759 bits per heavy atom. The van der Waals surface area contributed by atoms with Crippen molar-refractivity contribution in [2.45, 2.75) is 219 Å². The van der Waals surface area contributed by atoms with Crippen LogP contribution in [0.15, 0.2) is 24.3 Å². The van der Waals surface area contributed by atoms with Gasteiger partial charge in [0.15, 0.2) is 0 Å². The number of phosphoric ester groups is 1. The molecule has 0 aromatic heterocycles. The molecule has 0 aromatic rings. The summed E-state index contributed by atoms with van der Waals surface area (Å²) in [6, 6.07) is 0. The molecule has 0 aliphatic heterocycles. The van der Waals surface area contributed by atoms with Gasteiger partial charge in [-0.1, -0.05) is 193 Å². The third-order valence-corrected chi connectivity index (χ3v) is 11.6. The number of carbonyl (C=O) groups excluding carboxylic acids is 2. The van der Waals surface area contributed by atoms with Crippen LogP contribution in [0.4, 0.5) is 0 Å². The van der Waals surface area contributed by atoms with Crippen LogP contribution in [0.3, 0.4) is 0 Å². The lowest BCUT2D eigenvalue weighted by atomic mass is 10.0. The highest BCUT2D eigenvalue weighted by molar-refractivity contribution is 7.80. The Morgan fingerprint density at radius 1 is 0.389 bits per heavy atom. The molecular formula is C44H83O8PS. The van der Waals surface area contributed by atoms with E-state index in [1.165, 1.54) is 154 Å². The first-order valence-electron chi connectivity index (χ1n) is 22.1. The molecule has 0 fully saturated rings. The van der Waals surface area contributed by atoms with Gasteiger partial charge >= 0.3 is 19.8 Å². The van der Waals surface area contributed by atoms with Crippen LogP contribution in [-0.2, 0) is 36.6 Å². The van der Waals surface area contributed by atoms with Gasteiger partial charge in [-0.05, 0) is 52.4 Å². The molecule has 0 radical (unpaired) electrons. The summed E-state index contributed by atoms with van der Waals surface area (Å²) >= 11 is 3.76. The lowest BCUT2D eigenvalue weighted by Crippen LogP contribution is -2.05. The van der Waals surface area contributed by atoms with Gasteiger partial charge in [0.25, 0.3) is 0 Å². The van der Waals surface area contributed by atoms with Crippen molar-refractivity contribution in [1.82, 2.24) is 0 Å². The van der Waals surface area contributed by atoms with Crippen LogP contribution in [0.1, 0.15) is 219 Å². The molecule has 0 aliphatic carbocycles. The molecule has 54 heavy (non-hydrogen) atoms. The van der Waals surface area contributed by atoms with E-state index in [2.05, 4.69) is 26.1 Å². The summed E-state index contributed by atoms with van der Waals surface area (Å²) in [6.07, 6.45) is 39.0. The highest BCUT2D eigenvalue weighted by Gasteiger charge is 2.25. The highest BCUT2D eigenvalue weighted by atomic mass is 32.1. The first-order valence-corrected chi connectivity index (χ1v) is 23.9. The van der Waals surface area contributed by atoms with E-state index in [4.69, 9.17) is 22.5 Å². The molecule has 0 rings (SSSR count). The monoisotopic (exact) mass is 803 g/mol. The molecule has 318 valence electrons. The number of hydrogen-bond donors (Lipinski definition) is 1. The fourth-order valence-corrected chi connectivity index (χ4v) is 7.53. The summed E-state index contributed by atoms with van der Waals surface area (Å²) in [5, 5.41) is 0. The average Bonchev–Trinajstić information content (AvgIpc) is 3.15. The molecule has 0 heterocycles. The largest absolute Gasteiger partial charge is 0.485 e. The maximum atomic E-state index is 12.6. The summed E-state index contributed by atoms with van der Waals surface area (Å²) < 4.78 is 38.7. The van der Waals surface area contributed by atoms with Crippen molar-refractivity contribution in [3.05, 3.63) is 24.3 Å². The minimum atomic E-state index is -3.57. The summed E-state index contributed by atoms with van der Waals surface area (Å²) in [7, 11) is -3.57. The molecule has 0 aliphatic rings. The molecule has 0 bridgehead atoms. The smallest absolute Gasteiger partial charge is 0.462 e. The van der Waals surface area contributed by atoms with E-state index >= 15 is 0 Å². The third-order valence-electron chi connectivity index (χ3n) is 9.84. The second-order valence-corrected chi connectivity index (χ2v) is 17.4. The number of hydrogen-bond acceptors (Lipinski definition) is 9. The zero-order valence-electron chi connectivity index (χ0n) is 35.0. The number of esters is 2. The van der Waals surface area contributed by atoms with Crippen LogP contribution in [0.5, 0.6) is 0 Å². The van der Waals surface area contributed by atoms with Gasteiger partial charge in [0.2, 0.25) is 0 Å². The lowest BCUT2D eigenvalue weighted by Gasteiger charge is -2.15. The van der Waals surface area contributed by atoms with Crippen LogP contribution >= 0.6 is 20.7 Å². The summed E-state index contributed by atoms with van der Waals surface area (Å²) in [4.78, 5) is 22.7. The first kappa shape index (κ1) is 52.9. The van der Waals surface area contributed by atoms with Crippen molar-refractivity contribution in [3.8, 4) is 0 Å². The third kappa shape index (κ3) is 37.8. The molecule has 8 nitrogen and oxygen atoms in total. The zero-order valence-corrected chi connectivity index (χ0v) is 36.8. The van der Waals surface area contributed by atoms with Crippen molar-refractivity contribution < 1.29 is 36.6 Å². The standard InChI is InChI=1S/C44H83O8PS/c1-41(2)43(45)48-37-33-29-25-21-17-13-9-5-7-11-15-19-23-27-31-35-39-50-53(47,52-54)51-40-36-32-28-24-20-16-12-8-6-10-14-18-22-26-30-34-38-49-44(46)42(3)4/h54H,1,3,5-40H2,2,4H3. The Kier molecular flexibility index (Phi) is 39.3. The highest BCUT2D eigenvalue weighted by Crippen LogP contribution is 2.50. The molecule has 0 amide bonds. The Labute approximate surface area is 338 Å². The Morgan fingerprint density at radius 2 is 0.574 bits per heavy atom. The minimum absolute atomic E-state index is 0.276. The van der Waals surface area contributed by atoms with Gasteiger partial charge in [-0.2, -0.15) is 0 Å². The second-order valence-electron chi connectivity index (χ2n) is 15.3. The number of unbranched alkanes of at least 4 members (excludes halogenated alkanes) is 30. The predicted octanol–water partition coefficient (Wildman–Crippen LogP) is 14.7. The van der Waals surface area contributed by atoms with E-state index in [9.17, 15) is 14.2 Å². The Hall–Kier alpha value is -1.12. The number of phosphoric acid groups is 1. The minimum Gasteiger partial charge on any atom is -0.462 e. The molecule has 0 unspecified atom stereocenters. The Balaban J connectivity index is 3.38. The average molecular weight is 803 g/mol. The summed E-state index contributed by atoms with van der Waals surface area (Å²) in [5.41, 5.74) is 0.943. The van der Waals surface area contributed by atoms with E-state index in [-0.39, 0.29) is 11.9 Å². The van der Waals surface area contributed by atoms with E-state index in [0.29, 0.717) is 37.6 Å². The van der Waals surface area contributed by atoms with Crippen molar-refractivity contribution in [1.29, 1.82) is 0 Å². The van der Waals surface area contributed by atoms with E-state index in [0.717, 1.165) is 51.4 Å². The first-order chi connectivity index (χ1) is 26.2. The van der Waals surface area contributed by atoms with Crippen LogP contribution in [0, 0.1) is 0 Å². The van der Waals surface area contributed by atoms with Crippen molar-refractivity contribution >= 4 is 32.7 Å². The molecule has 0 saturated carbocycles. The second kappa shape index (κ2) is 40.1. The number of carbonyl (C=O) groups is 2. The number of ether oxygens (including phenoxy) is 2. The molecule has 0 saturated heterocycles.